The first-order valence-corrected chi connectivity index (χ1v) is 11.2. The number of hydrogen-bond donors (Lipinski definition) is 0. The number of allylic oxidation sites excluding steroid dienone is 2. The number of fused-ring (bicyclic) bond motifs is 6. The maximum absolute atomic E-state index is 6.59. The molecule has 2 heteroatoms. The minimum atomic E-state index is -0.289. The monoisotopic (exact) mass is 358 g/mol. The van der Waals surface area contributed by atoms with Crippen molar-refractivity contribution in [3.63, 3.8) is 0 Å². The molecule has 0 aromatic heterocycles. The molecule has 5 aliphatic rings. The highest BCUT2D eigenvalue weighted by atomic mass is 16.7. The van der Waals surface area contributed by atoms with Gasteiger partial charge in [-0.2, -0.15) is 0 Å². The van der Waals surface area contributed by atoms with E-state index >= 15 is 0 Å². The van der Waals surface area contributed by atoms with Crippen LogP contribution in [-0.2, 0) is 9.47 Å². The summed E-state index contributed by atoms with van der Waals surface area (Å²) in [5.41, 5.74) is 0.931. The van der Waals surface area contributed by atoms with Crippen LogP contribution >= 0.6 is 0 Å². The van der Waals surface area contributed by atoms with Crippen LogP contribution in [0, 0.1) is 39.9 Å². The van der Waals surface area contributed by atoms with Crippen molar-refractivity contribution in [3.05, 3.63) is 12.2 Å². The van der Waals surface area contributed by atoms with Crippen LogP contribution in [0.25, 0.3) is 0 Å². The van der Waals surface area contributed by atoms with E-state index in [9.17, 15) is 0 Å². The first-order chi connectivity index (χ1) is 12.3. The second-order valence-corrected chi connectivity index (χ2v) is 11.6. The fraction of sp³-hybridized carbons (Fsp3) is 0.917. The summed E-state index contributed by atoms with van der Waals surface area (Å²) in [7, 11) is 0. The van der Waals surface area contributed by atoms with Gasteiger partial charge in [-0.05, 0) is 74.0 Å². The van der Waals surface area contributed by atoms with Crippen molar-refractivity contribution < 1.29 is 9.47 Å². The van der Waals surface area contributed by atoms with Gasteiger partial charge in [0.15, 0.2) is 5.79 Å². The van der Waals surface area contributed by atoms with Gasteiger partial charge in [0.25, 0.3) is 0 Å². The second-order valence-electron chi connectivity index (χ2n) is 11.6. The topological polar surface area (TPSA) is 18.5 Å². The Morgan fingerprint density at radius 3 is 2.31 bits per heavy atom. The van der Waals surface area contributed by atoms with E-state index in [4.69, 9.17) is 9.47 Å². The van der Waals surface area contributed by atoms with Crippen molar-refractivity contribution >= 4 is 0 Å². The maximum Gasteiger partial charge on any atom is 0.173 e. The van der Waals surface area contributed by atoms with Crippen LogP contribution in [-0.4, -0.2) is 19.0 Å². The second kappa shape index (κ2) is 5.60. The molecule has 1 saturated heterocycles. The van der Waals surface area contributed by atoms with E-state index in [1.54, 1.807) is 0 Å². The zero-order valence-electron chi connectivity index (χ0n) is 17.4. The number of rotatable bonds is 0. The SMILES string of the molecule is CC1(C)COC2(CC[C@H]3[C@@H]4CC[C@H]5CC=CC[C@]5(C)[C@H]4CC[C@@]32C)OC1. The lowest BCUT2D eigenvalue weighted by atomic mass is 9.45. The predicted octanol–water partition coefficient (Wildman–Crippen LogP) is 5.96. The van der Waals surface area contributed by atoms with Crippen LogP contribution in [0.3, 0.4) is 0 Å². The van der Waals surface area contributed by atoms with Gasteiger partial charge < -0.3 is 9.47 Å². The number of ether oxygens (including phenoxy) is 2. The van der Waals surface area contributed by atoms with Crippen LogP contribution < -0.4 is 0 Å². The van der Waals surface area contributed by atoms with Crippen LogP contribution in [0.4, 0.5) is 0 Å². The predicted molar refractivity (Wildman–Crippen MR) is 105 cm³/mol. The Labute approximate surface area is 160 Å². The van der Waals surface area contributed by atoms with Crippen molar-refractivity contribution in [3.8, 4) is 0 Å². The van der Waals surface area contributed by atoms with E-state index in [0.29, 0.717) is 5.41 Å². The summed E-state index contributed by atoms with van der Waals surface area (Å²) in [6, 6.07) is 0. The molecule has 0 aromatic carbocycles. The average molecular weight is 359 g/mol. The summed E-state index contributed by atoms with van der Waals surface area (Å²) >= 11 is 0. The molecule has 4 fully saturated rings. The van der Waals surface area contributed by atoms with Gasteiger partial charge >= 0.3 is 0 Å². The fourth-order valence-corrected chi connectivity index (χ4v) is 7.98. The molecule has 4 aliphatic carbocycles. The van der Waals surface area contributed by atoms with Crippen LogP contribution in [0.1, 0.15) is 79.1 Å². The first kappa shape index (κ1) is 17.7. The third-order valence-electron chi connectivity index (χ3n) is 9.65. The molecule has 0 N–H and O–H groups in total. The quantitative estimate of drug-likeness (QED) is 0.497. The molecular formula is C24H38O2. The Hall–Kier alpha value is -0.340. The van der Waals surface area contributed by atoms with E-state index < -0.39 is 0 Å². The van der Waals surface area contributed by atoms with E-state index in [-0.39, 0.29) is 16.6 Å². The molecule has 0 aromatic rings. The first-order valence-electron chi connectivity index (χ1n) is 11.2. The summed E-state index contributed by atoms with van der Waals surface area (Å²) < 4.78 is 13.2. The normalized spacial score (nSPS) is 51.5. The smallest absolute Gasteiger partial charge is 0.173 e. The summed E-state index contributed by atoms with van der Waals surface area (Å²) in [4.78, 5) is 0. The Balaban J connectivity index is 1.43. The molecule has 2 nitrogen and oxygen atoms in total. The van der Waals surface area contributed by atoms with Gasteiger partial charge in [-0.25, -0.2) is 0 Å². The molecule has 146 valence electrons. The van der Waals surface area contributed by atoms with Crippen molar-refractivity contribution in [1.82, 2.24) is 0 Å². The average Bonchev–Trinajstić information content (AvgIpc) is 2.90. The van der Waals surface area contributed by atoms with Crippen molar-refractivity contribution in [2.45, 2.75) is 84.8 Å². The molecule has 0 amide bonds. The van der Waals surface area contributed by atoms with Crippen LogP contribution in [0.15, 0.2) is 12.2 Å². The van der Waals surface area contributed by atoms with Gasteiger partial charge in [0.05, 0.1) is 13.2 Å². The van der Waals surface area contributed by atoms with Crippen molar-refractivity contribution in [2.75, 3.05) is 13.2 Å². The molecule has 6 atom stereocenters. The Bertz CT molecular complexity index is 597. The Kier molecular flexibility index (Phi) is 3.82. The summed E-state index contributed by atoms with van der Waals surface area (Å²) in [5.74, 6) is 3.24. The van der Waals surface area contributed by atoms with Crippen LogP contribution in [0.5, 0.6) is 0 Å². The molecule has 3 saturated carbocycles. The van der Waals surface area contributed by atoms with Crippen molar-refractivity contribution in [1.29, 1.82) is 0 Å². The van der Waals surface area contributed by atoms with Gasteiger partial charge in [-0.3, -0.25) is 0 Å². The molecule has 1 aliphatic heterocycles. The Morgan fingerprint density at radius 2 is 1.54 bits per heavy atom. The lowest BCUT2D eigenvalue weighted by Crippen LogP contribution is -2.60. The van der Waals surface area contributed by atoms with Gasteiger partial charge in [-0.1, -0.05) is 39.8 Å². The van der Waals surface area contributed by atoms with Gasteiger partial charge in [0.2, 0.25) is 0 Å². The van der Waals surface area contributed by atoms with E-state index in [1.807, 2.05) is 0 Å². The van der Waals surface area contributed by atoms with E-state index in [2.05, 4.69) is 39.8 Å². The number of hydrogen-bond acceptors (Lipinski definition) is 2. The molecule has 26 heavy (non-hydrogen) atoms. The molecule has 0 unspecified atom stereocenters. The summed E-state index contributed by atoms with van der Waals surface area (Å²) in [6.45, 7) is 11.4. The largest absolute Gasteiger partial charge is 0.349 e. The third-order valence-corrected chi connectivity index (χ3v) is 9.65. The molecule has 1 heterocycles. The van der Waals surface area contributed by atoms with Gasteiger partial charge in [0.1, 0.15) is 0 Å². The standard InChI is InChI=1S/C24H38O2/c1-21(2)15-25-24(26-16-21)14-11-20-18-9-8-17-7-5-6-12-22(17,3)19(18)10-13-23(20,24)4/h5-6,17-20H,7-16H2,1-4H3/t17-,18-,19+,20+,22+,23+/m1/s1. The van der Waals surface area contributed by atoms with Gasteiger partial charge in [0, 0.05) is 17.3 Å². The highest BCUT2D eigenvalue weighted by Crippen LogP contribution is 2.69. The lowest BCUT2D eigenvalue weighted by molar-refractivity contribution is -0.347. The minimum Gasteiger partial charge on any atom is -0.349 e. The van der Waals surface area contributed by atoms with Crippen molar-refractivity contribution in [2.24, 2.45) is 39.9 Å². The molecule has 5 rings (SSSR count). The summed E-state index contributed by atoms with van der Waals surface area (Å²) in [5, 5.41) is 0. The lowest BCUT2D eigenvalue weighted by Gasteiger charge is -2.61. The van der Waals surface area contributed by atoms with E-state index in [1.165, 1.54) is 44.9 Å². The molecule has 0 bridgehead atoms. The highest BCUT2D eigenvalue weighted by molar-refractivity contribution is 5.14. The minimum absolute atomic E-state index is 0.164. The highest BCUT2D eigenvalue weighted by Gasteiger charge is 2.67. The summed E-state index contributed by atoms with van der Waals surface area (Å²) in [6.07, 6.45) is 15.6. The zero-order valence-corrected chi connectivity index (χ0v) is 17.4. The molecule has 0 radical (unpaired) electrons. The zero-order chi connectivity index (χ0) is 18.2. The van der Waals surface area contributed by atoms with E-state index in [0.717, 1.165) is 43.3 Å². The Morgan fingerprint density at radius 1 is 0.808 bits per heavy atom. The van der Waals surface area contributed by atoms with Gasteiger partial charge in [-0.15, -0.1) is 0 Å². The fourth-order valence-electron chi connectivity index (χ4n) is 7.98. The van der Waals surface area contributed by atoms with Crippen LogP contribution in [0.2, 0.25) is 0 Å². The molecular weight excluding hydrogens is 320 g/mol. The molecule has 1 spiro atoms. The third kappa shape index (κ3) is 2.24. The maximum atomic E-state index is 6.59.